The maximum absolute atomic E-state index is 13.6. The molecule has 1 saturated heterocycles. The molecule has 1 aromatic heterocycles. The van der Waals surface area contributed by atoms with E-state index in [1.165, 1.54) is 6.07 Å². The third kappa shape index (κ3) is 3.18. The smallest absolute Gasteiger partial charge is 0.241 e. The second-order valence-corrected chi connectivity index (χ2v) is 5.90. The number of aryl methyl sites for hydroxylation is 1. The van der Waals surface area contributed by atoms with E-state index in [0.717, 1.165) is 6.54 Å². The Kier molecular flexibility index (Phi) is 4.22. The topological polar surface area (TPSA) is 51.4 Å². The molecule has 0 aliphatic carbocycles. The first-order valence-electron chi connectivity index (χ1n) is 7.47. The van der Waals surface area contributed by atoms with E-state index in [4.69, 9.17) is 9.26 Å². The van der Waals surface area contributed by atoms with Crippen molar-refractivity contribution in [3.8, 4) is 11.4 Å². The molecule has 2 atom stereocenters. The summed E-state index contributed by atoms with van der Waals surface area (Å²) in [5.74, 6) is 0.694. The minimum absolute atomic E-state index is 0.199. The van der Waals surface area contributed by atoms with Crippen molar-refractivity contribution < 1.29 is 13.7 Å². The zero-order chi connectivity index (χ0) is 15.7. The van der Waals surface area contributed by atoms with Gasteiger partial charge < -0.3 is 9.26 Å². The molecule has 0 bridgehead atoms. The molecule has 6 heteroatoms. The van der Waals surface area contributed by atoms with Gasteiger partial charge in [0.2, 0.25) is 11.7 Å². The average molecular weight is 305 g/mol. The number of hydrogen-bond donors (Lipinski definition) is 0. The van der Waals surface area contributed by atoms with Crippen LogP contribution >= 0.6 is 0 Å². The highest BCUT2D eigenvalue weighted by molar-refractivity contribution is 5.54. The van der Waals surface area contributed by atoms with E-state index in [-0.39, 0.29) is 11.9 Å². The highest BCUT2D eigenvalue weighted by Gasteiger charge is 2.25. The summed E-state index contributed by atoms with van der Waals surface area (Å²) in [4.78, 5) is 6.63. The number of hydrogen-bond acceptors (Lipinski definition) is 5. The van der Waals surface area contributed by atoms with Crippen molar-refractivity contribution in [3.05, 3.63) is 35.5 Å². The number of ether oxygens (including phenoxy) is 1. The number of halogens is 1. The molecule has 2 heterocycles. The van der Waals surface area contributed by atoms with E-state index < -0.39 is 0 Å². The second-order valence-electron chi connectivity index (χ2n) is 5.90. The molecular weight excluding hydrogens is 285 g/mol. The van der Waals surface area contributed by atoms with Gasteiger partial charge >= 0.3 is 0 Å². The number of nitrogens with zero attached hydrogens (tertiary/aromatic N) is 3. The molecule has 1 fully saturated rings. The quantitative estimate of drug-likeness (QED) is 0.873. The predicted molar refractivity (Wildman–Crippen MR) is 79.7 cm³/mol. The summed E-state index contributed by atoms with van der Waals surface area (Å²) in [6.45, 7) is 7.99. The lowest BCUT2D eigenvalue weighted by Gasteiger charge is -2.35. The number of benzene rings is 1. The lowest BCUT2D eigenvalue weighted by Crippen LogP contribution is -2.46. The van der Waals surface area contributed by atoms with E-state index in [2.05, 4.69) is 22.0 Å². The van der Waals surface area contributed by atoms with Crippen LogP contribution in [0.25, 0.3) is 11.4 Å². The molecule has 0 spiro atoms. The van der Waals surface area contributed by atoms with Crippen LogP contribution in [-0.4, -0.2) is 40.3 Å². The van der Waals surface area contributed by atoms with E-state index in [1.54, 1.807) is 19.1 Å². The van der Waals surface area contributed by atoms with Crippen molar-refractivity contribution in [1.29, 1.82) is 0 Å². The predicted octanol–water partition coefficient (Wildman–Crippen LogP) is 2.79. The van der Waals surface area contributed by atoms with Gasteiger partial charge in [0.1, 0.15) is 5.82 Å². The Bertz CT molecular complexity index is 659. The summed E-state index contributed by atoms with van der Waals surface area (Å²) >= 11 is 0. The Morgan fingerprint density at radius 2 is 2.18 bits per heavy atom. The van der Waals surface area contributed by atoms with Crippen molar-refractivity contribution in [2.75, 3.05) is 13.2 Å². The van der Waals surface area contributed by atoms with Crippen molar-refractivity contribution >= 4 is 0 Å². The largest absolute Gasteiger partial charge is 0.376 e. The Morgan fingerprint density at radius 1 is 1.36 bits per heavy atom. The van der Waals surface area contributed by atoms with Crippen LogP contribution in [0.4, 0.5) is 4.39 Å². The molecule has 3 rings (SSSR count). The van der Waals surface area contributed by atoms with Gasteiger partial charge in [-0.3, -0.25) is 4.90 Å². The molecule has 2 aromatic rings. The highest BCUT2D eigenvalue weighted by Crippen LogP contribution is 2.20. The maximum Gasteiger partial charge on any atom is 0.241 e. The van der Waals surface area contributed by atoms with Gasteiger partial charge in [0.25, 0.3) is 0 Å². The normalized spacial score (nSPS) is 22.9. The van der Waals surface area contributed by atoms with Crippen molar-refractivity contribution in [3.63, 3.8) is 0 Å². The number of morpholine rings is 1. The second kappa shape index (κ2) is 6.14. The lowest BCUT2D eigenvalue weighted by atomic mass is 10.1. The molecule has 22 heavy (non-hydrogen) atoms. The van der Waals surface area contributed by atoms with Crippen LogP contribution in [0.3, 0.4) is 0 Å². The fraction of sp³-hybridized carbons (Fsp3) is 0.500. The Labute approximate surface area is 129 Å². The van der Waals surface area contributed by atoms with Crippen LogP contribution in [0.15, 0.2) is 22.7 Å². The highest BCUT2D eigenvalue weighted by atomic mass is 19.1. The average Bonchev–Trinajstić information content (AvgIpc) is 2.94. The molecule has 0 saturated carbocycles. The summed E-state index contributed by atoms with van der Waals surface area (Å²) in [6.07, 6.45) is 0.199. The molecule has 0 amide bonds. The SMILES string of the molecule is Cc1ccc(-c2noc(CN3C[C@H](C)OC[C@@H]3C)n2)cc1F. The van der Waals surface area contributed by atoms with Crippen LogP contribution in [0, 0.1) is 12.7 Å². The van der Waals surface area contributed by atoms with E-state index in [9.17, 15) is 4.39 Å². The molecule has 1 aromatic carbocycles. The minimum atomic E-state index is -0.264. The van der Waals surface area contributed by atoms with Crippen LogP contribution in [-0.2, 0) is 11.3 Å². The fourth-order valence-corrected chi connectivity index (χ4v) is 2.53. The van der Waals surface area contributed by atoms with Crippen LogP contribution in [0.2, 0.25) is 0 Å². The van der Waals surface area contributed by atoms with Gasteiger partial charge in [-0.05, 0) is 32.4 Å². The molecular formula is C16H20FN3O2. The zero-order valence-electron chi connectivity index (χ0n) is 13.0. The summed E-state index contributed by atoms with van der Waals surface area (Å²) in [6, 6.07) is 5.26. The summed E-state index contributed by atoms with van der Waals surface area (Å²) in [5, 5.41) is 3.96. The number of aromatic nitrogens is 2. The monoisotopic (exact) mass is 305 g/mol. The first-order chi connectivity index (χ1) is 10.5. The van der Waals surface area contributed by atoms with Gasteiger partial charge in [0, 0.05) is 18.2 Å². The molecule has 5 nitrogen and oxygen atoms in total. The van der Waals surface area contributed by atoms with E-state index >= 15 is 0 Å². The van der Waals surface area contributed by atoms with E-state index in [0.29, 0.717) is 42.0 Å². The molecule has 0 N–H and O–H groups in total. The van der Waals surface area contributed by atoms with Gasteiger partial charge in [0.05, 0.1) is 19.3 Å². The molecule has 0 unspecified atom stereocenters. The van der Waals surface area contributed by atoms with Gasteiger partial charge in [0.15, 0.2) is 0 Å². The van der Waals surface area contributed by atoms with Crippen LogP contribution in [0.5, 0.6) is 0 Å². The number of rotatable bonds is 3. The molecule has 118 valence electrons. The van der Waals surface area contributed by atoms with Crippen LogP contribution in [0.1, 0.15) is 25.3 Å². The molecule has 0 radical (unpaired) electrons. The van der Waals surface area contributed by atoms with E-state index in [1.807, 2.05) is 6.92 Å². The van der Waals surface area contributed by atoms with Crippen LogP contribution < -0.4 is 0 Å². The lowest BCUT2D eigenvalue weighted by molar-refractivity contribution is -0.0555. The first-order valence-corrected chi connectivity index (χ1v) is 7.47. The van der Waals surface area contributed by atoms with Crippen molar-refractivity contribution in [1.82, 2.24) is 15.0 Å². The molecule has 1 aliphatic rings. The summed E-state index contributed by atoms with van der Waals surface area (Å²) in [7, 11) is 0. The Hall–Kier alpha value is -1.79. The van der Waals surface area contributed by atoms with Crippen molar-refractivity contribution in [2.45, 2.75) is 39.5 Å². The van der Waals surface area contributed by atoms with Gasteiger partial charge in [-0.15, -0.1) is 0 Å². The third-order valence-corrected chi connectivity index (χ3v) is 3.97. The standard InChI is InChI=1S/C16H20FN3O2/c1-10-4-5-13(6-14(10)17)16-18-15(22-19-16)8-20-7-12(3)21-9-11(20)2/h4-6,11-12H,7-9H2,1-3H3/t11-,12-/m0/s1. The summed E-state index contributed by atoms with van der Waals surface area (Å²) in [5.41, 5.74) is 1.23. The van der Waals surface area contributed by atoms with Gasteiger partial charge in [-0.25, -0.2) is 4.39 Å². The Morgan fingerprint density at radius 3 is 2.95 bits per heavy atom. The molecule has 1 aliphatic heterocycles. The zero-order valence-corrected chi connectivity index (χ0v) is 13.0. The summed E-state index contributed by atoms with van der Waals surface area (Å²) < 4.78 is 24.5. The Balaban J connectivity index is 1.74. The minimum Gasteiger partial charge on any atom is -0.376 e. The van der Waals surface area contributed by atoms with Gasteiger partial charge in [-0.2, -0.15) is 4.98 Å². The fourth-order valence-electron chi connectivity index (χ4n) is 2.53. The van der Waals surface area contributed by atoms with Gasteiger partial charge in [-0.1, -0.05) is 17.3 Å². The first kappa shape index (κ1) is 15.1. The van der Waals surface area contributed by atoms with Crippen molar-refractivity contribution in [2.24, 2.45) is 0 Å². The third-order valence-electron chi connectivity index (χ3n) is 3.97. The maximum atomic E-state index is 13.6.